The van der Waals surface area contributed by atoms with Gasteiger partial charge in [-0.05, 0) is 49.9 Å². The van der Waals surface area contributed by atoms with E-state index in [2.05, 4.69) is 55.5 Å². The van der Waals surface area contributed by atoms with Gasteiger partial charge < -0.3 is 15.5 Å². The van der Waals surface area contributed by atoms with Gasteiger partial charge in [-0.15, -0.1) is 0 Å². The number of hydrogen-bond acceptors (Lipinski definition) is 5. The first-order valence-corrected chi connectivity index (χ1v) is 6.57. The first-order chi connectivity index (χ1) is 8.15. The Morgan fingerprint density at radius 3 is 2.47 bits per heavy atom. The normalized spacial score (nSPS) is 10.6. The molecule has 0 unspecified atom stereocenters. The van der Waals surface area contributed by atoms with Gasteiger partial charge in [0.25, 0.3) is 0 Å². The van der Waals surface area contributed by atoms with Gasteiger partial charge in [-0.2, -0.15) is 0 Å². The fraction of sp³-hybridized carbons (Fsp3) is 0.636. The third-order valence-corrected chi connectivity index (χ3v) is 2.96. The van der Waals surface area contributed by atoms with Crippen molar-refractivity contribution in [2.45, 2.75) is 13.3 Å². The second-order valence-electron chi connectivity index (χ2n) is 4.00. The molecule has 0 bridgehead atoms. The minimum atomic E-state index is 0.831. The van der Waals surface area contributed by atoms with Crippen LogP contribution in [-0.4, -0.2) is 48.6 Å². The van der Waals surface area contributed by atoms with E-state index in [1.165, 1.54) is 0 Å². The highest BCUT2D eigenvalue weighted by molar-refractivity contribution is 9.10. The summed E-state index contributed by atoms with van der Waals surface area (Å²) in [6, 6.07) is 0. The van der Waals surface area contributed by atoms with Gasteiger partial charge >= 0.3 is 0 Å². The van der Waals surface area contributed by atoms with Crippen molar-refractivity contribution in [2.75, 3.05) is 44.4 Å². The van der Waals surface area contributed by atoms with E-state index in [1.807, 2.05) is 6.92 Å². The summed E-state index contributed by atoms with van der Waals surface area (Å²) in [6.07, 6.45) is 2.65. The molecule has 0 fully saturated rings. The number of nitrogens with zero attached hydrogens (tertiary/aromatic N) is 3. The smallest absolute Gasteiger partial charge is 0.145 e. The summed E-state index contributed by atoms with van der Waals surface area (Å²) in [5.41, 5.74) is 0. The van der Waals surface area contributed by atoms with Crippen molar-refractivity contribution in [1.29, 1.82) is 0 Å². The Bertz CT molecular complexity index is 343. The molecule has 0 spiro atoms. The molecular formula is C11H20BrN5. The second-order valence-corrected chi connectivity index (χ2v) is 4.79. The summed E-state index contributed by atoms with van der Waals surface area (Å²) in [7, 11) is 4.15. The van der Waals surface area contributed by atoms with E-state index in [9.17, 15) is 0 Å². The van der Waals surface area contributed by atoms with Crippen LogP contribution in [0.2, 0.25) is 0 Å². The minimum Gasteiger partial charge on any atom is -0.369 e. The molecule has 0 aliphatic carbocycles. The summed E-state index contributed by atoms with van der Waals surface area (Å²) < 4.78 is 0.895. The molecule has 1 heterocycles. The Hall–Kier alpha value is -0.880. The van der Waals surface area contributed by atoms with Crippen molar-refractivity contribution in [2.24, 2.45) is 0 Å². The maximum Gasteiger partial charge on any atom is 0.145 e. The fourth-order valence-electron chi connectivity index (χ4n) is 1.39. The van der Waals surface area contributed by atoms with Crippen LogP contribution in [0.4, 0.5) is 11.6 Å². The zero-order valence-corrected chi connectivity index (χ0v) is 12.2. The van der Waals surface area contributed by atoms with Crippen molar-refractivity contribution in [3.63, 3.8) is 0 Å². The fourth-order valence-corrected chi connectivity index (χ4v) is 1.87. The van der Waals surface area contributed by atoms with Crippen LogP contribution in [0, 0.1) is 0 Å². The second kappa shape index (κ2) is 7.45. The van der Waals surface area contributed by atoms with Gasteiger partial charge in [0, 0.05) is 13.1 Å². The monoisotopic (exact) mass is 301 g/mol. The molecule has 0 aliphatic heterocycles. The highest BCUT2D eigenvalue weighted by atomic mass is 79.9. The highest BCUT2D eigenvalue weighted by Crippen LogP contribution is 2.26. The molecular weight excluding hydrogens is 282 g/mol. The molecule has 0 radical (unpaired) electrons. The molecule has 1 rings (SSSR count). The Kier molecular flexibility index (Phi) is 6.21. The minimum absolute atomic E-state index is 0.831. The lowest BCUT2D eigenvalue weighted by atomic mass is 10.4. The van der Waals surface area contributed by atoms with E-state index >= 15 is 0 Å². The van der Waals surface area contributed by atoms with Gasteiger partial charge in [-0.3, -0.25) is 0 Å². The summed E-state index contributed by atoms with van der Waals surface area (Å²) in [4.78, 5) is 10.6. The van der Waals surface area contributed by atoms with Crippen LogP contribution in [0.1, 0.15) is 13.3 Å². The lowest BCUT2D eigenvalue weighted by Gasteiger charge is -2.12. The molecule has 17 heavy (non-hydrogen) atoms. The third kappa shape index (κ3) is 4.87. The van der Waals surface area contributed by atoms with Crippen molar-refractivity contribution in [3.8, 4) is 0 Å². The molecule has 0 aliphatic rings. The largest absolute Gasteiger partial charge is 0.369 e. The average Bonchev–Trinajstić information content (AvgIpc) is 2.29. The molecule has 0 aromatic carbocycles. The van der Waals surface area contributed by atoms with Crippen molar-refractivity contribution in [1.82, 2.24) is 14.9 Å². The van der Waals surface area contributed by atoms with Gasteiger partial charge in [0.2, 0.25) is 0 Å². The predicted molar refractivity (Wildman–Crippen MR) is 75.6 cm³/mol. The maximum absolute atomic E-state index is 4.22. The number of halogens is 1. The van der Waals surface area contributed by atoms with Crippen LogP contribution in [0.15, 0.2) is 10.8 Å². The highest BCUT2D eigenvalue weighted by Gasteiger charge is 2.06. The van der Waals surface area contributed by atoms with Crippen molar-refractivity contribution < 1.29 is 0 Å². The summed E-state index contributed by atoms with van der Waals surface area (Å²) >= 11 is 3.50. The van der Waals surface area contributed by atoms with Crippen LogP contribution in [0.25, 0.3) is 0 Å². The molecule has 6 heteroatoms. The molecule has 1 aromatic heterocycles. The van der Waals surface area contributed by atoms with Gasteiger partial charge in [-0.1, -0.05) is 0 Å². The molecule has 0 saturated heterocycles. The van der Waals surface area contributed by atoms with Gasteiger partial charge in [0.15, 0.2) is 0 Å². The lowest BCUT2D eigenvalue weighted by molar-refractivity contribution is 0.405. The average molecular weight is 302 g/mol. The van der Waals surface area contributed by atoms with E-state index < -0.39 is 0 Å². The Morgan fingerprint density at radius 1 is 1.24 bits per heavy atom. The van der Waals surface area contributed by atoms with E-state index in [0.717, 1.165) is 42.2 Å². The van der Waals surface area contributed by atoms with E-state index in [1.54, 1.807) is 6.33 Å². The number of nitrogens with one attached hydrogen (secondary N) is 2. The van der Waals surface area contributed by atoms with Gasteiger partial charge in [0.1, 0.15) is 22.4 Å². The van der Waals surface area contributed by atoms with Crippen LogP contribution in [-0.2, 0) is 0 Å². The first kappa shape index (κ1) is 14.2. The molecule has 0 saturated carbocycles. The number of anilines is 2. The summed E-state index contributed by atoms with van der Waals surface area (Å²) in [5, 5.41) is 6.48. The molecule has 2 N–H and O–H groups in total. The van der Waals surface area contributed by atoms with Gasteiger partial charge in [0.05, 0.1) is 0 Å². The predicted octanol–water partition coefficient (Wildman–Crippen LogP) is 2.03. The third-order valence-electron chi connectivity index (χ3n) is 2.21. The summed E-state index contributed by atoms with van der Waals surface area (Å²) in [5.74, 6) is 1.67. The number of aromatic nitrogens is 2. The molecule has 96 valence electrons. The zero-order valence-electron chi connectivity index (χ0n) is 10.6. The molecule has 0 amide bonds. The van der Waals surface area contributed by atoms with Crippen LogP contribution in [0.5, 0.6) is 0 Å². The molecule has 0 atom stereocenters. The Morgan fingerprint density at radius 2 is 1.88 bits per heavy atom. The molecule has 1 aromatic rings. The first-order valence-electron chi connectivity index (χ1n) is 5.78. The Labute approximate surface area is 111 Å². The Balaban J connectivity index is 2.50. The van der Waals surface area contributed by atoms with Crippen LogP contribution < -0.4 is 10.6 Å². The maximum atomic E-state index is 4.22. The van der Waals surface area contributed by atoms with Crippen molar-refractivity contribution >= 4 is 27.6 Å². The van der Waals surface area contributed by atoms with Crippen LogP contribution in [0.3, 0.4) is 0 Å². The van der Waals surface area contributed by atoms with Crippen molar-refractivity contribution in [3.05, 3.63) is 10.8 Å². The zero-order chi connectivity index (χ0) is 12.7. The van der Waals surface area contributed by atoms with E-state index in [4.69, 9.17) is 0 Å². The topological polar surface area (TPSA) is 53.1 Å². The van der Waals surface area contributed by atoms with E-state index in [-0.39, 0.29) is 0 Å². The van der Waals surface area contributed by atoms with Crippen LogP contribution >= 0.6 is 15.9 Å². The number of rotatable bonds is 7. The SMILES string of the molecule is CCNc1ncnc(NCCCN(C)C)c1Br. The van der Waals surface area contributed by atoms with Gasteiger partial charge in [-0.25, -0.2) is 9.97 Å². The number of hydrogen-bond donors (Lipinski definition) is 2. The standard InChI is InChI=1S/C11H20BrN5/c1-4-13-10-9(12)11(16-8-15-10)14-6-5-7-17(2)3/h8H,4-7H2,1-3H3,(H2,13,14,15,16). The quantitative estimate of drug-likeness (QED) is 0.755. The lowest BCUT2D eigenvalue weighted by Crippen LogP contribution is -2.17. The van der Waals surface area contributed by atoms with E-state index in [0.29, 0.717) is 0 Å². The molecule has 5 nitrogen and oxygen atoms in total. The summed E-state index contributed by atoms with van der Waals surface area (Å²) in [6.45, 7) is 4.85.